The number of rotatable bonds is 4. The topological polar surface area (TPSA) is 64.3 Å². The summed E-state index contributed by atoms with van der Waals surface area (Å²) in [5, 5.41) is 2.93. The third kappa shape index (κ3) is 4.75. The van der Waals surface area contributed by atoms with Crippen LogP contribution in [-0.2, 0) is 9.53 Å². The van der Waals surface area contributed by atoms with Crippen LogP contribution in [0.4, 0.5) is 0 Å². The first-order valence-corrected chi connectivity index (χ1v) is 3.64. The molecular formula is C7H16N2O2. The fourth-order valence-corrected chi connectivity index (χ4v) is 0.623. The molecule has 2 atom stereocenters. The van der Waals surface area contributed by atoms with Crippen LogP contribution in [0.25, 0.3) is 0 Å². The molecule has 0 amide bonds. The van der Waals surface area contributed by atoms with Crippen molar-refractivity contribution in [1.29, 1.82) is 0 Å². The van der Waals surface area contributed by atoms with Crippen molar-refractivity contribution in [3.05, 3.63) is 0 Å². The van der Waals surface area contributed by atoms with Crippen LogP contribution in [0.2, 0.25) is 0 Å². The molecule has 0 saturated carbocycles. The largest absolute Gasteiger partial charge is 0.468 e. The summed E-state index contributed by atoms with van der Waals surface area (Å²) in [6.07, 6.45) is 0. The van der Waals surface area contributed by atoms with Gasteiger partial charge in [-0.15, -0.1) is 0 Å². The van der Waals surface area contributed by atoms with Crippen LogP contribution in [0.5, 0.6) is 0 Å². The van der Waals surface area contributed by atoms with E-state index in [1.807, 2.05) is 6.92 Å². The lowest BCUT2D eigenvalue weighted by atomic mass is 10.3. The molecule has 0 aromatic heterocycles. The van der Waals surface area contributed by atoms with Gasteiger partial charge in [-0.25, -0.2) is 0 Å². The third-order valence-electron chi connectivity index (χ3n) is 1.30. The number of nitrogens with two attached hydrogens (primary N) is 1. The van der Waals surface area contributed by atoms with Crippen molar-refractivity contribution in [1.82, 2.24) is 5.32 Å². The van der Waals surface area contributed by atoms with Crippen molar-refractivity contribution < 1.29 is 9.53 Å². The fourth-order valence-electron chi connectivity index (χ4n) is 0.623. The van der Waals surface area contributed by atoms with E-state index < -0.39 is 0 Å². The van der Waals surface area contributed by atoms with Crippen LogP contribution in [0, 0.1) is 0 Å². The van der Waals surface area contributed by atoms with Gasteiger partial charge in [0, 0.05) is 12.6 Å². The van der Waals surface area contributed by atoms with E-state index in [1.165, 1.54) is 7.11 Å². The molecule has 11 heavy (non-hydrogen) atoms. The van der Waals surface area contributed by atoms with E-state index in [-0.39, 0.29) is 18.1 Å². The molecule has 0 saturated heterocycles. The lowest BCUT2D eigenvalue weighted by Crippen LogP contribution is -2.41. The highest BCUT2D eigenvalue weighted by Crippen LogP contribution is 1.85. The summed E-state index contributed by atoms with van der Waals surface area (Å²) in [6, 6.07) is -0.215. The summed E-state index contributed by atoms with van der Waals surface area (Å²) in [5.74, 6) is -0.259. The van der Waals surface area contributed by atoms with Gasteiger partial charge in [-0.3, -0.25) is 4.79 Å². The van der Waals surface area contributed by atoms with E-state index in [9.17, 15) is 4.79 Å². The van der Waals surface area contributed by atoms with Crippen LogP contribution in [0.1, 0.15) is 13.8 Å². The Labute approximate surface area is 67.1 Å². The van der Waals surface area contributed by atoms with Gasteiger partial charge in [-0.05, 0) is 13.8 Å². The van der Waals surface area contributed by atoms with E-state index in [0.717, 1.165) is 0 Å². The van der Waals surface area contributed by atoms with Gasteiger partial charge < -0.3 is 15.8 Å². The zero-order chi connectivity index (χ0) is 8.85. The molecule has 2 unspecified atom stereocenters. The Morgan fingerprint density at radius 3 is 2.55 bits per heavy atom. The molecule has 0 aliphatic carbocycles. The molecule has 0 aromatic rings. The second-order valence-electron chi connectivity index (χ2n) is 2.63. The number of carbonyl (C=O) groups excluding carboxylic acids is 1. The first kappa shape index (κ1) is 10.4. The van der Waals surface area contributed by atoms with Crippen LogP contribution < -0.4 is 11.1 Å². The van der Waals surface area contributed by atoms with Gasteiger partial charge in [-0.1, -0.05) is 0 Å². The quantitative estimate of drug-likeness (QED) is 0.543. The van der Waals surface area contributed by atoms with E-state index in [2.05, 4.69) is 10.1 Å². The third-order valence-corrected chi connectivity index (χ3v) is 1.30. The number of methoxy groups -OCH3 is 1. The molecule has 3 N–H and O–H groups in total. The molecule has 0 bridgehead atoms. The standard InChI is InChI=1S/C7H16N2O2/c1-5(8)4-9-6(2)7(10)11-3/h5-6,9H,4,8H2,1-3H3. The monoisotopic (exact) mass is 160 g/mol. The Morgan fingerprint density at radius 2 is 2.18 bits per heavy atom. The summed E-state index contributed by atoms with van der Waals surface area (Å²) in [7, 11) is 1.37. The molecule has 66 valence electrons. The summed E-state index contributed by atoms with van der Waals surface area (Å²) in [5.41, 5.74) is 5.47. The summed E-state index contributed by atoms with van der Waals surface area (Å²) >= 11 is 0. The first-order chi connectivity index (χ1) is 5.07. The smallest absolute Gasteiger partial charge is 0.322 e. The number of carbonyl (C=O) groups is 1. The highest BCUT2D eigenvalue weighted by atomic mass is 16.5. The molecule has 0 rings (SSSR count). The Balaban J connectivity index is 3.52. The van der Waals surface area contributed by atoms with E-state index in [4.69, 9.17) is 5.73 Å². The van der Waals surface area contributed by atoms with Gasteiger partial charge >= 0.3 is 5.97 Å². The van der Waals surface area contributed by atoms with Crippen molar-refractivity contribution in [3.8, 4) is 0 Å². The maximum atomic E-state index is 10.8. The second kappa shape index (κ2) is 5.09. The van der Waals surface area contributed by atoms with Gasteiger partial charge in [0.25, 0.3) is 0 Å². The van der Waals surface area contributed by atoms with Crippen LogP contribution in [0.3, 0.4) is 0 Å². The Morgan fingerprint density at radius 1 is 1.64 bits per heavy atom. The van der Waals surface area contributed by atoms with E-state index in [0.29, 0.717) is 6.54 Å². The zero-order valence-electron chi connectivity index (χ0n) is 7.26. The van der Waals surface area contributed by atoms with Crippen LogP contribution >= 0.6 is 0 Å². The molecule has 0 spiro atoms. The number of hydrogen-bond acceptors (Lipinski definition) is 4. The van der Waals surface area contributed by atoms with E-state index in [1.54, 1.807) is 6.92 Å². The van der Waals surface area contributed by atoms with Crippen molar-refractivity contribution in [3.63, 3.8) is 0 Å². The Bertz CT molecular complexity index is 126. The maximum absolute atomic E-state index is 10.8. The van der Waals surface area contributed by atoms with Gasteiger partial charge in [0.2, 0.25) is 0 Å². The minimum atomic E-state index is -0.272. The molecule has 4 nitrogen and oxygen atoms in total. The zero-order valence-corrected chi connectivity index (χ0v) is 7.26. The number of hydrogen-bond donors (Lipinski definition) is 2. The lowest BCUT2D eigenvalue weighted by Gasteiger charge is -2.12. The molecule has 4 heteroatoms. The molecule has 0 radical (unpaired) electrons. The highest BCUT2D eigenvalue weighted by molar-refractivity contribution is 5.75. The van der Waals surface area contributed by atoms with Crippen molar-refractivity contribution in [2.45, 2.75) is 25.9 Å². The second-order valence-corrected chi connectivity index (χ2v) is 2.63. The average Bonchev–Trinajstić information content (AvgIpc) is 1.98. The predicted octanol–water partition coefficient (Wildman–Crippen LogP) is -0.515. The molecular weight excluding hydrogens is 144 g/mol. The maximum Gasteiger partial charge on any atom is 0.322 e. The summed E-state index contributed by atoms with van der Waals surface area (Å²) in [4.78, 5) is 10.8. The van der Waals surface area contributed by atoms with Gasteiger partial charge in [0.15, 0.2) is 0 Å². The van der Waals surface area contributed by atoms with Crippen LogP contribution in [0.15, 0.2) is 0 Å². The molecule has 0 fully saturated rings. The predicted molar refractivity (Wildman–Crippen MR) is 43.1 cm³/mol. The lowest BCUT2D eigenvalue weighted by molar-refractivity contribution is -0.142. The number of ether oxygens (including phenoxy) is 1. The molecule has 0 aliphatic heterocycles. The fraction of sp³-hybridized carbons (Fsp3) is 0.857. The molecule has 0 heterocycles. The summed E-state index contributed by atoms with van der Waals surface area (Å²) in [6.45, 7) is 4.24. The van der Waals surface area contributed by atoms with Gasteiger partial charge in [-0.2, -0.15) is 0 Å². The number of esters is 1. The normalized spacial score (nSPS) is 15.6. The van der Waals surface area contributed by atoms with Crippen LogP contribution in [-0.4, -0.2) is 31.7 Å². The minimum absolute atomic E-state index is 0.0575. The molecule has 0 aliphatic rings. The molecule has 0 aromatic carbocycles. The summed E-state index contributed by atoms with van der Waals surface area (Å²) < 4.78 is 4.50. The van der Waals surface area contributed by atoms with Gasteiger partial charge in [0.1, 0.15) is 6.04 Å². The highest BCUT2D eigenvalue weighted by Gasteiger charge is 2.11. The minimum Gasteiger partial charge on any atom is -0.468 e. The SMILES string of the molecule is COC(=O)C(C)NCC(C)N. The van der Waals surface area contributed by atoms with E-state index >= 15 is 0 Å². The van der Waals surface area contributed by atoms with Crippen molar-refractivity contribution in [2.75, 3.05) is 13.7 Å². The van der Waals surface area contributed by atoms with Crippen molar-refractivity contribution in [2.24, 2.45) is 5.73 Å². The van der Waals surface area contributed by atoms with Gasteiger partial charge in [0.05, 0.1) is 7.11 Å². The Kier molecular flexibility index (Phi) is 4.81. The average molecular weight is 160 g/mol. The van der Waals surface area contributed by atoms with Crippen molar-refractivity contribution >= 4 is 5.97 Å². The number of nitrogens with one attached hydrogen (secondary N) is 1. The Hall–Kier alpha value is -0.610. The first-order valence-electron chi connectivity index (χ1n) is 3.64.